The lowest BCUT2D eigenvalue weighted by Gasteiger charge is -2.59. The molecule has 6 rings (SSSR count). The third kappa shape index (κ3) is 13.4. The number of amides is 1. The lowest BCUT2D eigenvalue weighted by molar-refractivity contribution is -0.254. The second-order valence-electron chi connectivity index (χ2n) is 18.5. The molecular weight excluding hydrogens is 828 g/mol. The Morgan fingerprint density at radius 3 is 2.40 bits per heavy atom. The van der Waals surface area contributed by atoms with Gasteiger partial charge in [-0.1, -0.05) is 113 Å². The number of aliphatic hydroxyl groups excluding tert-OH is 2. The van der Waals surface area contributed by atoms with Crippen LogP contribution in [0.5, 0.6) is 11.5 Å². The van der Waals surface area contributed by atoms with Crippen LogP contribution in [0.3, 0.4) is 0 Å². The molecule has 2 N–H and O–H groups in total. The quantitative estimate of drug-likeness (QED) is 0.0487. The van der Waals surface area contributed by atoms with E-state index < -0.39 is 30.1 Å². The molecule has 4 aliphatic rings. The van der Waals surface area contributed by atoms with Gasteiger partial charge in [-0.25, -0.2) is 9.18 Å². The Balaban J connectivity index is 1.37. The smallest absolute Gasteiger partial charge is 0.409 e. The number of benzene rings is 2. The van der Waals surface area contributed by atoms with Gasteiger partial charge in [-0.2, -0.15) is 0 Å². The van der Waals surface area contributed by atoms with E-state index >= 15 is 0 Å². The molecular formula is C53H77FN2O9. The molecule has 2 heterocycles. The Labute approximate surface area is 387 Å². The van der Waals surface area contributed by atoms with Crippen LogP contribution in [-0.2, 0) is 25.7 Å². The number of hydrogen-bond acceptors (Lipinski definition) is 10. The molecule has 0 spiro atoms. The van der Waals surface area contributed by atoms with E-state index in [0.29, 0.717) is 48.8 Å². The molecule has 11 nitrogen and oxygen atoms in total. The molecule has 360 valence electrons. The van der Waals surface area contributed by atoms with Crippen molar-refractivity contribution in [1.82, 2.24) is 4.90 Å². The van der Waals surface area contributed by atoms with Crippen LogP contribution < -0.4 is 9.47 Å². The summed E-state index contributed by atoms with van der Waals surface area (Å²) in [6.45, 7) is 7.58. The van der Waals surface area contributed by atoms with Gasteiger partial charge in [-0.15, -0.1) is 6.58 Å². The molecule has 2 aromatic carbocycles. The van der Waals surface area contributed by atoms with E-state index in [2.05, 4.69) is 19.6 Å². The normalized spacial score (nSPS) is 25.2. The van der Waals surface area contributed by atoms with Crippen molar-refractivity contribution in [1.29, 1.82) is 0 Å². The first-order valence-corrected chi connectivity index (χ1v) is 25.0. The van der Waals surface area contributed by atoms with Crippen molar-refractivity contribution in [3.63, 3.8) is 0 Å². The predicted octanol–water partition coefficient (Wildman–Crippen LogP) is 11.6. The van der Waals surface area contributed by atoms with E-state index in [-0.39, 0.29) is 56.4 Å². The first kappa shape index (κ1) is 50.4. The van der Waals surface area contributed by atoms with Crippen molar-refractivity contribution in [2.24, 2.45) is 22.9 Å². The van der Waals surface area contributed by atoms with E-state index in [9.17, 15) is 19.4 Å². The van der Waals surface area contributed by atoms with Crippen molar-refractivity contribution < 1.29 is 47.9 Å². The van der Waals surface area contributed by atoms with Crippen LogP contribution in [0.4, 0.5) is 9.18 Å². The highest BCUT2D eigenvalue weighted by atomic mass is 19.1. The molecule has 1 saturated carbocycles. The fourth-order valence-corrected chi connectivity index (χ4v) is 10.5. The zero-order valence-corrected chi connectivity index (χ0v) is 39.3. The van der Waals surface area contributed by atoms with Crippen molar-refractivity contribution in [2.45, 2.75) is 166 Å². The Hall–Kier alpha value is -3.97. The van der Waals surface area contributed by atoms with Crippen LogP contribution in [0.1, 0.15) is 152 Å². The third-order valence-corrected chi connectivity index (χ3v) is 13.9. The highest BCUT2D eigenvalue weighted by Gasteiger charge is 2.65. The number of nitrogens with zero attached hydrogens (tertiary/aromatic N) is 2. The second kappa shape index (κ2) is 26.4. The van der Waals surface area contributed by atoms with E-state index in [1.54, 1.807) is 36.2 Å². The minimum atomic E-state index is -1.40. The van der Waals surface area contributed by atoms with E-state index in [1.165, 1.54) is 51.0 Å². The number of fused-ring (bicyclic) bond motifs is 2. The molecule has 7 unspecified atom stereocenters. The standard InChI is InChI=1S/C53H77FN2O9/c1-4-6-7-8-9-10-11-12-13-21-34-61-52(59)56(3)48-37-46(55-65-49-27-18-22-33-60-49)43-35-39(23-16-19-30-57)42(25-17-20-31-58)50-44-36-41(62-38-40-24-14-15-26-45(40)54)28-29-47(44)64-53(48,51(43)50)63-32-5-2/h5,14-15,24,26,28-29,35-36,39,42,48-51,57-58H,2,4,6-13,16-23,25,27,30-34,37-38H2,1,3H3. The van der Waals surface area contributed by atoms with Gasteiger partial charge in [-0.05, 0) is 86.6 Å². The monoisotopic (exact) mass is 905 g/mol. The van der Waals surface area contributed by atoms with Gasteiger partial charge >= 0.3 is 6.09 Å². The Kier molecular flexibility index (Phi) is 20.5. The van der Waals surface area contributed by atoms with E-state index in [0.717, 1.165) is 75.3 Å². The summed E-state index contributed by atoms with van der Waals surface area (Å²) >= 11 is 0. The van der Waals surface area contributed by atoms with Gasteiger partial charge in [0.15, 0.2) is 0 Å². The molecule has 1 saturated heterocycles. The molecule has 2 aliphatic carbocycles. The van der Waals surface area contributed by atoms with Gasteiger partial charge in [0.25, 0.3) is 0 Å². The van der Waals surface area contributed by atoms with Crippen LogP contribution in [0, 0.1) is 23.6 Å². The predicted molar refractivity (Wildman–Crippen MR) is 251 cm³/mol. The summed E-state index contributed by atoms with van der Waals surface area (Å²) in [5, 5.41) is 24.8. The number of aliphatic hydroxyl groups is 2. The number of carbonyl (C=O) groups is 1. The van der Waals surface area contributed by atoms with Crippen LogP contribution in [0.25, 0.3) is 0 Å². The Bertz CT molecular complexity index is 1830. The third-order valence-electron chi connectivity index (χ3n) is 13.9. The lowest BCUT2D eigenvalue weighted by atomic mass is 9.55. The Morgan fingerprint density at radius 1 is 0.954 bits per heavy atom. The lowest BCUT2D eigenvalue weighted by Crippen LogP contribution is -2.69. The summed E-state index contributed by atoms with van der Waals surface area (Å²) < 4.78 is 47.4. The largest absolute Gasteiger partial charge is 0.489 e. The van der Waals surface area contributed by atoms with Gasteiger partial charge in [-0.3, -0.25) is 0 Å². The molecule has 1 amide bonds. The summed E-state index contributed by atoms with van der Waals surface area (Å²) in [7, 11) is 1.76. The topological polar surface area (TPSA) is 129 Å². The van der Waals surface area contributed by atoms with Crippen LogP contribution in [-0.4, -0.2) is 85.1 Å². The van der Waals surface area contributed by atoms with Crippen LogP contribution in [0.2, 0.25) is 0 Å². The molecule has 2 aliphatic heterocycles. The zero-order valence-electron chi connectivity index (χ0n) is 39.3. The van der Waals surface area contributed by atoms with Gasteiger partial charge < -0.3 is 43.6 Å². The van der Waals surface area contributed by atoms with Crippen molar-refractivity contribution in [3.05, 3.63) is 83.7 Å². The SMILES string of the molecule is C=CCOC12Oc3ccc(OCc4ccccc4F)cc3C3C(CCCCO)C(CCCCO)C=C(C(=NOC4CCCCO4)CC1N(C)C(=O)OCCCCCCCCCCCC)C32. The van der Waals surface area contributed by atoms with Gasteiger partial charge in [0, 0.05) is 50.1 Å². The molecule has 2 aromatic rings. The van der Waals surface area contributed by atoms with E-state index in [4.69, 9.17) is 33.7 Å². The average Bonchev–Trinajstić information content (AvgIpc) is 3.32. The number of rotatable bonds is 28. The van der Waals surface area contributed by atoms with Crippen molar-refractivity contribution >= 4 is 11.8 Å². The summed E-state index contributed by atoms with van der Waals surface area (Å²) in [5.74, 6) is -1.14. The second-order valence-corrected chi connectivity index (χ2v) is 18.5. The van der Waals surface area contributed by atoms with E-state index in [1.807, 2.05) is 18.2 Å². The summed E-state index contributed by atoms with van der Waals surface area (Å²) in [5.41, 5.74) is 3.02. The first-order chi connectivity index (χ1) is 31.8. The van der Waals surface area contributed by atoms with Crippen molar-refractivity contribution in [2.75, 3.05) is 40.1 Å². The first-order valence-electron chi connectivity index (χ1n) is 25.0. The maximum atomic E-state index is 14.8. The highest BCUT2D eigenvalue weighted by molar-refractivity contribution is 6.02. The number of carbonyl (C=O) groups excluding carboxylic acids is 1. The molecule has 2 fully saturated rings. The summed E-state index contributed by atoms with van der Waals surface area (Å²) in [6, 6.07) is 11.7. The Morgan fingerprint density at radius 2 is 1.69 bits per heavy atom. The van der Waals surface area contributed by atoms with Crippen molar-refractivity contribution in [3.8, 4) is 11.5 Å². The minimum Gasteiger partial charge on any atom is -0.489 e. The molecule has 7 atom stereocenters. The number of hydrogen-bond donors (Lipinski definition) is 2. The average molecular weight is 905 g/mol. The highest BCUT2D eigenvalue weighted by Crippen LogP contribution is 2.62. The number of ether oxygens (including phenoxy) is 5. The van der Waals surface area contributed by atoms with Crippen LogP contribution in [0.15, 0.2) is 71.9 Å². The number of unbranched alkanes of at least 4 members (excludes halogenated alkanes) is 11. The number of halogens is 1. The molecule has 12 heteroatoms. The maximum absolute atomic E-state index is 14.8. The molecule has 0 aromatic heterocycles. The van der Waals surface area contributed by atoms with Gasteiger partial charge in [0.2, 0.25) is 12.1 Å². The number of likely N-dealkylation sites (N-methyl/N-ethyl adjacent to an activating group) is 1. The fraction of sp³-hybridized carbons (Fsp3) is 0.660. The molecule has 0 bridgehead atoms. The van der Waals surface area contributed by atoms with Crippen LogP contribution >= 0.6 is 0 Å². The fourth-order valence-electron chi connectivity index (χ4n) is 10.5. The molecule has 65 heavy (non-hydrogen) atoms. The molecule has 0 radical (unpaired) electrons. The number of oxime groups is 1. The van der Waals surface area contributed by atoms with Gasteiger partial charge in [0.05, 0.1) is 31.5 Å². The maximum Gasteiger partial charge on any atom is 0.409 e. The minimum absolute atomic E-state index is 0.0429. The summed E-state index contributed by atoms with van der Waals surface area (Å²) in [4.78, 5) is 22.1. The zero-order chi connectivity index (χ0) is 45.9. The summed E-state index contributed by atoms with van der Waals surface area (Å²) in [6.07, 6.45) is 22.4. The number of allylic oxidation sites excluding steroid dienone is 1. The van der Waals surface area contributed by atoms with Gasteiger partial charge in [0.1, 0.15) is 30.0 Å².